The number of benzene rings is 2. The number of hydrogen-bond donors (Lipinski definition) is 12. The number of nitrogens with one attached hydrogen (secondary N) is 7. The van der Waals surface area contributed by atoms with Gasteiger partial charge in [-0.05, 0) is 74.1 Å². The first-order valence-electron chi connectivity index (χ1n) is 20.0. The average molecular weight is 901 g/mol. The summed E-state index contributed by atoms with van der Waals surface area (Å²) < 4.78 is 5.05. The molecular weight excluding hydrogens is 844 g/mol. The molecule has 8 amide bonds. The van der Waals surface area contributed by atoms with Crippen LogP contribution >= 0.6 is 0 Å². The number of methoxy groups -OCH3 is 1. The van der Waals surface area contributed by atoms with Gasteiger partial charge in [-0.3, -0.25) is 47.9 Å². The van der Waals surface area contributed by atoms with Crippen molar-refractivity contribution < 1.29 is 73.1 Å². The van der Waals surface area contributed by atoms with E-state index in [-0.39, 0.29) is 36.5 Å². The number of ether oxygens (including phenoxy) is 1. The first kappa shape index (κ1) is 52.8. The van der Waals surface area contributed by atoms with E-state index in [1.165, 1.54) is 50.4 Å². The third-order valence-corrected chi connectivity index (χ3v) is 9.29. The summed E-state index contributed by atoms with van der Waals surface area (Å²) in [7, 11) is 1.45. The number of amides is 8. The van der Waals surface area contributed by atoms with E-state index in [4.69, 9.17) is 15.6 Å². The molecule has 0 saturated carbocycles. The number of primary amides is 1. The number of carbonyl (C=O) groups excluding carboxylic acids is 8. The molecule has 0 aliphatic heterocycles. The molecule has 6 atom stereocenters. The highest BCUT2D eigenvalue weighted by Crippen LogP contribution is 2.14. The zero-order chi connectivity index (χ0) is 48.1. The fourth-order valence-electron chi connectivity index (χ4n) is 5.81. The minimum Gasteiger partial charge on any atom is -0.508 e. The van der Waals surface area contributed by atoms with Gasteiger partial charge in [-0.1, -0.05) is 26.0 Å². The van der Waals surface area contributed by atoms with E-state index >= 15 is 0 Å². The Morgan fingerprint density at radius 1 is 0.625 bits per heavy atom. The molecule has 23 heteroatoms. The third kappa shape index (κ3) is 18.8. The molecule has 350 valence electrons. The smallest absolute Gasteiger partial charge is 0.303 e. The Bertz CT molecular complexity index is 1980. The van der Waals surface area contributed by atoms with E-state index < -0.39 is 128 Å². The normalized spacial score (nSPS) is 13.6. The first-order chi connectivity index (χ1) is 30.1. The topological polar surface area (TPSA) is 371 Å². The molecule has 13 N–H and O–H groups in total. The molecule has 0 spiro atoms. The van der Waals surface area contributed by atoms with Crippen LogP contribution in [0.2, 0.25) is 0 Å². The second kappa shape index (κ2) is 26.2. The quantitative estimate of drug-likeness (QED) is 0.0443. The van der Waals surface area contributed by atoms with Crippen LogP contribution in [0.4, 0.5) is 0 Å². The van der Waals surface area contributed by atoms with Gasteiger partial charge < -0.3 is 68.1 Å². The van der Waals surface area contributed by atoms with E-state index in [0.29, 0.717) is 11.3 Å². The third-order valence-electron chi connectivity index (χ3n) is 9.29. The number of carboxylic acids is 2. The van der Waals surface area contributed by atoms with Gasteiger partial charge in [-0.2, -0.15) is 0 Å². The monoisotopic (exact) mass is 900 g/mol. The highest BCUT2D eigenvalue weighted by Gasteiger charge is 2.33. The number of rotatable bonds is 27. The minimum atomic E-state index is -1.77. The van der Waals surface area contributed by atoms with Crippen molar-refractivity contribution in [2.75, 3.05) is 20.3 Å². The number of carbonyl (C=O) groups is 10. The second-order valence-corrected chi connectivity index (χ2v) is 15.0. The van der Waals surface area contributed by atoms with Crippen LogP contribution in [0.15, 0.2) is 48.5 Å². The van der Waals surface area contributed by atoms with Crippen LogP contribution in [0, 0.1) is 5.92 Å². The fourth-order valence-corrected chi connectivity index (χ4v) is 5.81. The SMILES string of the molecule is COc1ccc(C(=O)N[C@@H](C)C(=O)NCC(=O)N[C@@H](CCC(=O)O)C(=O)N[C@@H](CO)C(=O)N[C@@H](CC(C)C)C(=O)N[C@@H](Cc2ccc(O)cc2)C(=O)N[C@@H](CCC(=O)O)C(N)=O)cc1. The molecule has 2 rings (SSSR count). The molecule has 0 saturated heterocycles. The summed E-state index contributed by atoms with van der Waals surface area (Å²) >= 11 is 0. The Labute approximate surface area is 367 Å². The standard InChI is InChI=1S/C41H56N8O15/c1-21(2)17-29(39(61)48-30(18-23-5-9-25(51)10-6-23)40(62)46-27(35(42)57)13-15-33(53)54)47-41(63)31(20-50)49-38(60)28(14-16-34(55)56)45-32(52)19-43-36(58)22(3)44-37(59)24-7-11-26(64-4)12-8-24/h5-12,21-22,27-31,50-51H,13-20H2,1-4H3,(H2,42,57)(H,43,58)(H,44,59)(H,45,52)(H,46,62)(H,47,63)(H,48,61)(H,49,60)(H,53,54)(H,55,56)/t22-,27-,28-,29-,30-,31-/m0/s1. The summed E-state index contributed by atoms with van der Waals surface area (Å²) in [5.74, 6) is -9.92. The lowest BCUT2D eigenvalue weighted by Gasteiger charge is -2.27. The number of phenolic OH excluding ortho intramolecular Hbond substituents is 1. The number of hydrogen-bond acceptors (Lipinski definition) is 13. The molecule has 2 aromatic carbocycles. The Morgan fingerprint density at radius 3 is 1.66 bits per heavy atom. The summed E-state index contributed by atoms with van der Waals surface area (Å²) in [6, 6.07) is 2.79. The van der Waals surface area contributed by atoms with Crippen molar-refractivity contribution in [2.45, 2.75) is 95.5 Å². The van der Waals surface area contributed by atoms with Crippen LogP contribution in [-0.2, 0) is 49.6 Å². The van der Waals surface area contributed by atoms with Crippen LogP contribution in [-0.4, -0.2) is 136 Å². The highest BCUT2D eigenvalue weighted by atomic mass is 16.5. The molecule has 0 aromatic heterocycles. The number of aliphatic hydroxyl groups excluding tert-OH is 1. The minimum absolute atomic E-state index is 0.0491. The number of nitrogens with two attached hydrogens (primary N) is 1. The summed E-state index contributed by atoms with van der Waals surface area (Å²) in [6.07, 6.45) is -2.27. The summed E-state index contributed by atoms with van der Waals surface area (Å²) in [5, 5.41) is 54.7. The van der Waals surface area contributed by atoms with Gasteiger partial charge in [0.15, 0.2) is 0 Å². The average Bonchev–Trinajstić information content (AvgIpc) is 3.24. The number of phenols is 1. The largest absolute Gasteiger partial charge is 0.508 e. The zero-order valence-electron chi connectivity index (χ0n) is 35.7. The van der Waals surface area contributed by atoms with Crippen molar-refractivity contribution in [1.29, 1.82) is 0 Å². The second-order valence-electron chi connectivity index (χ2n) is 15.0. The van der Waals surface area contributed by atoms with Crippen LogP contribution in [0.1, 0.15) is 68.8 Å². The number of aliphatic hydroxyl groups is 1. The molecule has 64 heavy (non-hydrogen) atoms. The molecule has 0 aliphatic rings. The molecule has 2 aromatic rings. The first-order valence-corrected chi connectivity index (χ1v) is 20.0. The highest BCUT2D eigenvalue weighted by molar-refractivity contribution is 5.99. The molecule has 23 nitrogen and oxygen atoms in total. The fraction of sp³-hybridized carbons (Fsp3) is 0.463. The van der Waals surface area contributed by atoms with E-state index in [2.05, 4.69) is 37.2 Å². The van der Waals surface area contributed by atoms with Gasteiger partial charge in [-0.15, -0.1) is 0 Å². The van der Waals surface area contributed by atoms with Gasteiger partial charge in [0.1, 0.15) is 47.8 Å². The predicted octanol–water partition coefficient (Wildman–Crippen LogP) is -2.44. The van der Waals surface area contributed by atoms with Gasteiger partial charge in [0.25, 0.3) is 5.91 Å². The van der Waals surface area contributed by atoms with E-state index in [0.717, 1.165) is 0 Å². The van der Waals surface area contributed by atoms with Crippen molar-refractivity contribution in [3.63, 3.8) is 0 Å². The van der Waals surface area contributed by atoms with Gasteiger partial charge in [0.05, 0.1) is 20.3 Å². The van der Waals surface area contributed by atoms with Gasteiger partial charge in [-0.25, -0.2) is 0 Å². The van der Waals surface area contributed by atoms with Gasteiger partial charge >= 0.3 is 11.9 Å². The summed E-state index contributed by atoms with van der Waals surface area (Å²) in [6.45, 7) is 3.01. The maximum atomic E-state index is 13.8. The maximum Gasteiger partial charge on any atom is 0.303 e. The van der Waals surface area contributed by atoms with Gasteiger partial charge in [0.2, 0.25) is 41.4 Å². The Balaban J connectivity index is 2.18. The van der Waals surface area contributed by atoms with E-state index in [1.54, 1.807) is 26.0 Å². The lowest BCUT2D eigenvalue weighted by molar-refractivity contribution is -0.139. The van der Waals surface area contributed by atoms with Crippen molar-refractivity contribution in [2.24, 2.45) is 11.7 Å². The van der Waals surface area contributed by atoms with E-state index in [9.17, 15) is 63.3 Å². The van der Waals surface area contributed by atoms with Crippen LogP contribution in [0.5, 0.6) is 11.5 Å². The zero-order valence-corrected chi connectivity index (χ0v) is 35.7. The number of aliphatic carboxylic acids is 2. The Morgan fingerprint density at radius 2 is 1.12 bits per heavy atom. The predicted molar refractivity (Wildman–Crippen MR) is 224 cm³/mol. The van der Waals surface area contributed by atoms with Crippen LogP contribution < -0.4 is 47.7 Å². The lowest BCUT2D eigenvalue weighted by Crippen LogP contribution is -2.60. The maximum absolute atomic E-state index is 13.8. The summed E-state index contributed by atoms with van der Waals surface area (Å²) in [4.78, 5) is 127. The van der Waals surface area contributed by atoms with Crippen molar-refractivity contribution in [3.8, 4) is 11.5 Å². The summed E-state index contributed by atoms with van der Waals surface area (Å²) in [5.41, 5.74) is 6.04. The Kier molecular flexibility index (Phi) is 21.7. The number of aromatic hydroxyl groups is 1. The number of carboxylic acid groups (broad SMARTS) is 2. The van der Waals surface area contributed by atoms with Crippen molar-refractivity contribution in [1.82, 2.24) is 37.2 Å². The van der Waals surface area contributed by atoms with Crippen molar-refractivity contribution >= 4 is 59.2 Å². The molecule has 0 bridgehead atoms. The van der Waals surface area contributed by atoms with Crippen LogP contribution in [0.25, 0.3) is 0 Å². The molecule has 0 heterocycles. The van der Waals surface area contributed by atoms with E-state index in [1.807, 2.05) is 0 Å². The van der Waals surface area contributed by atoms with Gasteiger partial charge in [0, 0.05) is 24.8 Å². The van der Waals surface area contributed by atoms with Crippen molar-refractivity contribution in [3.05, 3.63) is 59.7 Å². The molecular formula is C41H56N8O15. The Hall–Kier alpha value is -7.30. The lowest BCUT2D eigenvalue weighted by atomic mass is 10.00. The van der Waals surface area contributed by atoms with Crippen LogP contribution in [0.3, 0.4) is 0 Å². The molecule has 0 radical (unpaired) electrons. The molecule has 0 unspecified atom stereocenters. The molecule has 0 fully saturated rings. The molecule has 0 aliphatic carbocycles.